The predicted octanol–water partition coefficient (Wildman–Crippen LogP) is 6.71. The summed E-state index contributed by atoms with van der Waals surface area (Å²) < 4.78 is 7.68. The largest absolute Gasteiger partial charge is 0.457 e. The third kappa shape index (κ3) is 4.01. The van der Waals surface area contributed by atoms with Crippen molar-refractivity contribution in [3.8, 4) is 11.3 Å². The summed E-state index contributed by atoms with van der Waals surface area (Å²) in [5.41, 5.74) is 1.81. The van der Waals surface area contributed by atoms with Gasteiger partial charge in [-0.2, -0.15) is 0 Å². The second-order valence-electron chi connectivity index (χ2n) is 6.07. The number of benzene rings is 2. The van der Waals surface area contributed by atoms with Gasteiger partial charge in [-0.1, -0.05) is 62.2 Å². The summed E-state index contributed by atoms with van der Waals surface area (Å²) in [6, 6.07) is 18.9. The van der Waals surface area contributed by atoms with E-state index in [4.69, 9.17) is 4.42 Å². The van der Waals surface area contributed by atoms with Crippen molar-refractivity contribution in [3.05, 3.63) is 85.8 Å². The Morgan fingerprint density at radius 2 is 1.71 bits per heavy atom. The van der Waals surface area contributed by atoms with Crippen LogP contribution in [0.4, 0.5) is 4.79 Å². The lowest BCUT2D eigenvalue weighted by atomic mass is 10.2. The van der Waals surface area contributed by atoms with Gasteiger partial charge >= 0.3 is 0 Å². The summed E-state index contributed by atoms with van der Waals surface area (Å²) in [6.07, 6.45) is 1.62. The van der Waals surface area contributed by atoms with Gasteiger partial charge in [0.05, 0.1) is 11.4 Å². The summed E-state index contributed by atoms with van der Waals surface area (Å²) in [7, 11) is 0. The van der Waals surface area contributed by atoms with E-state index in [1.807, 2.05) is 54.6 Å². The first-order valence-electron chi connectivity index (χ1n) is 8.36. The Hall–Kier alpha value is -2.09. The van der Waals surface area contributed by atoms with E-state index in [9.17, 15) is 9.59 Å². The Balaban J connectivity index is 1.54. The van der Waals surface area contributed by atoms with E-state index in [1.54, 1.807) is 12.1 Å². The molecule has 1 aliphatic rings. The number of imide groups is 1. The first-order chi connectivity index (χ1) is 13.5. The molecule has 2 amide bonds. The molecule has 0 bridgehead atoms. The normalized spacial score (nSPS) is 15.6. The number of carbonyl (C=O) groups is 2. The highest BCUT2D eigenvalue weighted by atomic mass is 79.9. The van der Waals surface area contributed by atoms with Crippen molar-refractivity contribution in [2.45, 2.75) is 6.54 Å². The molecule has 0 spiro atoms. The Morgan fingerprint density at radius 1 is 0.964 bits per heavy atom. The summed E-state index contributed by atoms with van der Waals surface area (Å²) in [4.78, 5) is 26.6. The van der Waals surface area contributed by atoms with Crippen molar-refractivity contribution in [2.75, 3.05) is 0 Å². The Labute approximate surface area is 182 Å². The molecule has 0 aliphatic carbocycles. The number of hydrogen-bond acceptors (Lipinski definition) is 4. The van der Waals surface area contributed by atoms with Gasteiger partial charge in [0.25, 0.3) is 11.1 Å². The molecule has 7 heteroatoms. The minimum Gasteiger partial charge on any atom is -0.457 e. The molecule has 1 saturated heterocycles. The number of thioether (sulfide) groups is 1. The van der Waals surface area contributed by atoms with Crippen LogP contribution in [0.15, 0.2) is 78.9 Å². The maximum atomic E-state index is 12.7. The van der Waals surface area contributed by atoms with Gasteiger partial charge < -0.3 is 4.42 Å². The monoisotopic (exact) mass is 517 g/mol. The molecule has 140 valence electrons. The van der Waals surface area contributed by atoms with E-state index in [0.717, 1.165) is 31.8 Å². The first-order valence-corrected chi connectivity index (χ1v) is 10.8. The highest BCUT2D eigenvalue weighted by molar-refractivity contribution is 9.10. The fourth-order valence-corrected chi connectivity index (χ4v) is 4.26. The fraction of sp³-hybridized carbons (Fsp3) is 0.0476. The number of rotatable bonds is 4. The van der Waals surface area contributed by atoms with E-state index < -0.39 is 0 Å². The second kappa shape index (κ2) is 8.11. The molecule has 0 N–H and O–H groups in total. The SMILES string of the molecule is O=C1S/C(=C/c2ccc(-c3ccc(Br)cc3)o2)C(=O)N1Cc1ccccc1Br. The van der Waals surface area contributed by atoms with Gasteiger partial charge in [-0.15, -0.1) is 0 Å². The third-order valence-corrected chi connectivity index (χ3v) is 6.40. The highest BCUT2D eigenvalue weighted by Crippen LogP contribution is 2.35. The van der Waals surface area contributed by atoms with Gasteiger partial charge in [-0.25, -0.2) is 0 Å². The molecule has 2 heterocycles. The van der Waals surface area contributed by atoms with Gasteiger partial charge in [0, 0.05) is 20.6 Å². The van der Waals surface area contributed by atoms with Crippen LogP contribution >= 0.6 is 43.6 Å². The molecule has 1 aliphatic heterocycles. The molecule has 0 unspecified atom stereocenters. The summed E-state index contributed by atoms with van der Waals surface area (Å²) >= 11 is 7.79. The summed E-state index contributed by atoms with van der Waals surface area (Å²) in [6.45, 7) is 0.228. The van der Waals surface area contributed by atoms with Gasteiger partial charge in [0.15, 0.2) is 0 Å². The zero-order chi connectivity index (χ0) is 19.7. The highest BCUT2D eigenvalue weighted by Gasteiger charge is 2.35. The lowest BCUT2D eigenvalue weighted by Gasteiger charge is -2.13. The molecule has 3 aromatic rings. The van der Waals surface area contributed by atoms with Crippen LogP contribution in [-0.2, 0) is 11.3 Å². The molecular formula is C21H13Br2NO3S. The molecule has 4 nitrogen and oxygen atoms in total. The molecule has 1 fully saturated rings. The van der Waals surface area contributed by atoms with E-state index >= 15 is 0 Å². The van der Waals surface area contributed by atoms with E-state index in [1.165, 1.54) is 4.90 Å². The van der Waals surface area contributed by atoms with Gasteiger partial charge in [-0.05, 0) is 47.7 Å². The minimum atomic E-state index is -0.313. The molecule has 1 aromatic heterocycles. The average molecular weight is 519 g/mol. The van der Waals surface area contributed by atoms with Crippen LogP contribution in [0.25, 0.3) is 17.4 Å². The number of nitrogens with zero attached hydrogens (tertiary/aromatic N) is 1. The van der Waals surface area contributed by atoms with E-state index in [-0.39, 0.29) is 17.7 Å². The van der Waals surface area contributed by atoms with Gasteiger partial charge in [-0.3, -0.25) is 14.5 Å². The lowest BCUT2D eigenvalue weighted by molar-refractivity contribution is -0.123. The van der Waals surface area contributed by atoms with Gasteiger partial charge in [0.2, 0.25) is 0 Å². The summed E-state index contributed by atoms with van der Waals surface area (Å²) in [5.74, 6) is 0.919. The zero-order valence-electron chi connectivity index (χ0n) is 14.4. The van der Waals surface area contributed by atoms with E-state index in [2.05, 4.69) is 31.9 Å². The van der Waals surface area contributed by atoms with Crippen LogP contribution in [-0.4, -0.2) is 16.0 Å². The smallest absolute Gasteiger partial charge is 0.293 e. The molecule has 28 heavy (non-hydrogen) atoms. The number of furan rings is 1. The number of halogens is 2. The zero-order valence-corrected chi connectivity index (χ0v) is 18.4. The van der Waals surface area contributed by atoms with Crippen molar-refractivity contribution >= 4 is 60.8 Å². The van der Waals surface area contributed by atoms with Crippen molar-refractivity contribution in [3.63, 3.8) is 0 Å². The first kappa shape index (κ1) is 19.2. The van der Waals surface area contributed by atoms with Crippen LogP contribution in [0.5, 0.6) is 0 Å². The quantitative estimate of drug-likeness (QED) is 0.360. The van der Waals surface area contributed by atoms with Crippen LogP contribution in [0.3, 0.4) is 0 Å². The van der Waals surface area contributed by atoms with Crippen LogP contribution in [0, 0.1) is 0 Å². The lowest BCUT2D eigenvalue weighted by Crippen LogP contribution is -2.27. The Bertz CT molecular complexity index is 1090. The van der Waals surface area contributed by atoms with Crippen molar-refractivity contribution < 1.29 is 14.0 Å². The average Bonchev–Trinajstić information content (AvgIpc) is 3.24. The maximum Gasteiger partial charge on any atom is 0.293 e. The standard InChI is InChI=1S/C21H13Br2NO3S/c22-15-7-5-13(6-8-15)18-10-9-16(27-18)11-19-20(25)24(21(26)28-19)12-14-3-1-2-4-17(14)23/h1-11H,12H2/b19-11+. The molecular weight excluding hydrogens is 506 g/mol. The molecule has 2 aromatic carbocycles. The van der Waals surface area contributed by atoms with Crippen LogP contribution < -0.4 is 0 Å². The molecule has 0 radical (unpaired) electrons. The van der Waals surface area contributed by atoms with Crippen LogP contribution in [0.2, 0.25) is 0 Å². The predicted molar refractivity (Wildman–Crippen MR) is 118 cm³/mol. The molecule has 4 rings (SSSR count). The topological polar surface area (TPSA) is 50.5 Å². The number of amides is 2. The molecule has 0 saturated carbocycles. The second-order valence-corrected chi connectivity index (χ2v) is 8.83. The summed E-state index contributed by atoms with van der Waals surface area (Å²) in [5, 5.41) is -0.285. The van der Waals surface area contributed by atoms with E-state index in [0.29, 0.717) is 16.4 Å². The Kier molecular flexibility index (Phi) is 5.57. The van der Waals surface area contributed by atoms with Crippen molar-refractivity contribution in [2.24, 2.45) is 0 Å². The van der Waals surface area contributed by atoms with Crippen LogP contribution in [0.1, 0.15) is 11.3 Å². The molecule has 0 atom stereocenters. The minimum absolute atomic E-state index is 0.228. The number of hydrogen-bond donors (Lipinski definition) is 0. The van der Waals surface area contributed by atoms with Crippen molar-refractivity contribution in [1.82, 2.24) is 4.90 Å². The third-order valence-electron chi connectivity index (χ3n) is 4.19. The van der Waals surface area contributed by atoms with Gasteiger partial charge in [0.1, 0.15) is 11.5 Å². The maximum absolute atomic E-state index is 12.7. The fourth-order valence-electron chi connectivity index (χ4n) is 2.76. The van der Waals surface area contributed by atoms with Crippen molar-refractivity contribution in [1.29, 1.82) is 0 Å². The Morgan fingerprint density at radius 3 is 2.46 bits per heavy atom. The number of carbonyl (C=O) groups excluding carboxylic acids is 2.